The van der Waals surface area contributed by atoms with E-state index in [4.69, 9.17) is 4.74 Å². The molecule has 134 valence electrons. The fourth-order valence-electron chi connectivity index (χ4n) is 2.06. The summed E-state index contributed by atoms with van der Waals surface area (Å²) in [5.41, 5.74) is 0.821. The first-order chi connectivity index (χ1) is 11.9. The maximum absolute atomic E-state index is 12.0. The van der Waals surface area contributed by atoms with Crippen molar-refractivity contribution in [2.24, 2.45) is 4.99 Å². The molecule has 0 unspecified atom stereocenters. The van der Waals surface area contributed by atoms with Gasteiger partial charge in [0.05, 0.1) is 22.6 Å². The largest absolute Gasteiger partial charge is 0.465 e. The lowest BCUT2D eigenvalue weighted by molar-refractivity contribution is -0.143. The van der Waals surface area contributed by atoms with Crippen molar-refractivity contribution in [1.29, 1.82) is 0 Å². The van der Waals surface area contributed by atoms with Gasteiger partial charge in [0.15, 0.2) is 9.92 Å². The molecular formula is C16H18N2O4S3. The van der Waals surface area contributed by atoms with E-state index < -0.39 is 5.91 Å². The van der Waals surface area contributed by atoms with Crippen LogP contribution in [0.5, 0.6) is 0 Å². The molecule has 0 saturated carbocycles. The number of hydrogen-bond donors (Lipinski definition) is 0. The van der Waals surface area contributed by atoms with Gasteiger partial charge in [-0.25, -0.2) is 0 Å². The van der Waals surface area contributed by atoms with Gasteiger partial charge >= 0.3 is 5.97 Å². The Bertz CT molecular complexity index is 870. The van der Waals surface area contributed by atoms with Crippen molar-refractivity contribution in [3.05, 3.63) is 23.0 Å². The molecule has 0 aliphatic carbocycles. The highest BCUT2D eigenvalue weighted by Crippen LogP contribution is 2.24. The summed E-state index contributed by atoms with van der Waals surface area (Å²) >= 11 is 3.87. The molecule has 6 nitrogen and oxygen atoms in total. The number of esters is 1. The average molecular weight is 399 g/mol. The normalized spacial score (nSPS) is 11.7. The van der Waals surface area contributed by atoms with Crippen molar-refractivity contribution in [2.45, 2.75) is 25.3 Å². The molecule has 0 atom stereocenters. The van der Waals surface area contributed by atoms with Crippen molar-refractivity contribution in [3.8, 4) is 0 Å². The summed E-state index contributed by atoms with van der Waals surface area (Å²) in [5.74, 6) is -0.809. The minimum absolute atomic E-state index is 0.0148. The number of benzene rings is 1. The van der Waals surface area contributed by atoms with Gasteiger partial charge in [-0.3, -0.25) is 14.4 Å². The fourth-order valence-corrected chi connectivity index (χ4v) is 4.05. The minimum Gasteiger partial charge on any atom is -0.465 e. The van der Waals surface area contributed by atoms with Crippen molar-refractivity contribution in [2.75, 3.05) is 18.6 Å². The van der Waals surface area contributed by atoms with Gasteiger partial charge in [0, 0.05) is 11.8 Å². The molecule has 1 heterocycles. The second kappa shape index (κ2) is 9.21. The van der Waals surface area contributed by atoms with E-state index in [-0.39, 0.29) is 23.4 Å². The Kier molecular flexibility index (Phi) is 7.27. The maximum Gasteiger partial charge on any atom is 0.326 e. The topological polar surface area (TPSA) is 77.7 Å². The van der Waals surface area contributed by atoms with Gasteiger partial charge in [-0.2, -0.15) is 4.99 Å². The number of nitrogens with zero attached hydrogens (tertiary/aromatic N) is 2. The quantitative estimate of drug-likeness (QED) is 0.550. The van der Waals surface area contributed by atoms with E-state index in [0.29, 0.717) is 11.4 Å². The molecule has 0 saturated heterocycles. The number of aromatic nitrogens is 1. The Morgan fingerprint density at radius 2 is 2.08 bits per heavy atom. The van der Waals surface area contributed by atoms with Crippen molar-refractivity contribution in [1.82, 2.24) is 4.57 Å². The van der Waals surface area contributed by atoms with E-state index in [9.17, 15) is 14.4 Å². The summed E-state index contributed by atoms with van der Waals surface area (Å²) < 4.78 is 7.62. The number of hydrogen-bond acceptors (Lipinski definition) is 7. The Balaban J connectivity index is 2.46. The molecule has 0 aliphatic rings. The third-order valence-corrected chi connectivity index (χ3v) is 5.67. The molecule has 2 rings (SSSR count). The van der Waals surface area contributed by atoms with Gasteiger partial charge < -0.3 is 9.30 Å². The lowest BCUT2D eigenvalue weighted by Gasteiger charge is -2.05. The molecular weight excluding hydrogens is 380 g/mol. The number of amides is 1. The van der Waals surface area contributed by atoms with E-state index in [1.54, 1.807) is 23.3 Å². The van der Waals surface area contributed by atoms with Gasteiger partial charge in [0.1, 0.15) is 6.54 Å². The fraction of sp³-hybridized carbons (Fsp3) is 0.375. The smallest absolute Gasteiger partial charge is 0.326 e. The molecule has 0 spiro atoms. The summed E-state index contributed by atoms with van der Waals surface area (Å²) in [7, 11) is 0. The number of carbonyl (C=O) groups excluding carboxylic acids is 3. The third kappa shape index (κ3) is 5.45. The standard InChI is InChI=1S/C16H18N2O4S3/c1-4-22-15(21)8-18-12-6-5-11(23-3)7-13(12)25-16(18)17-14(20)9-24-10(2)19/h5-7H,4,8-9H2,1-3H3. The van der Waals surface area contributed by atoms with Crippen LogP contribution < -0.4 is 4.80 Å². The summed E-state index contributed by atoms with van der Waals surface area (Å²) in [4.78, 5) is 40.5. The number of carbonyl (C=O) groups is 3. The molecule has 0 radical (unpaired) electrons. The molecule has 9 heteroatoms. The van der Waals surface area contributed by atoms with Crippen molar-refractivity contribution < 1.29 is 19.1 Å². The molecule has 1 amide bonds. The van der Waals surface area contributed by atoms with Crippen LogP contribution in [0.1, 0.15) is 13.8 Å². The Hall–Kier alpha value is -1.58. The summed E-state index contributed by atoms with van der Waals surface area (Å²) in [6, 6.07) is 5.86. The first kappa shape index (κ1) is 19.7. The van der Waals surface area contributed by atoms with Gasteiger partial charge in [0.2, 0.25) is 0 Å². The lowest BCUT2D eigenvalue weighted by atomic mass is 10.3. The summed E-state index contributed by atoms with van der Waals surface area (Å²) in [6.07, 6.45) is 1.98. The first-order valence-corrected chi connectivity index (χ1v) is 10.5. The number of ether oxygens (including phenoxy) is 1. The number of thiazole rings is 1. The van der Waals surface area contributed by atoms with Crippen LogP contribution in [0.2, 0.25) is 0 Å². The molecule has 0 aliphatic heterocycles. The number of rotatable bonds is 6. The van der Waals surface area contributed by atoms with E-state index in [1.165, 1.54) is 18.3 Å². The van der Waals surface area contributed by atoms with E-state index >= 15 is 0 Å². The second-order valence-corrected chi connectivity index (χ2v) is 7.94. The molecule has 25 heavy (non-hydrogen) atoms. The third-order valence-electron chi connectivity index (χ3n) is 3.10. The van der Waals surface area contributed by atoms with Crippen molar-refractivity contribution >= 4 is 62.1 Å². The number of thioether (sulfide) groups is 2. The van der Waals surface area contributed by atoms with Crippen LogP contribution in [0.25, 0.3) is 10.2 Å². The van der Waals surface area contributed by atoms with Crippen LogP contribution in [0.4, 0.5) is 0 Å². The molecule has 0 bridgehead atoms. The van der Waals surface area contributed by atoms with Crippen LogP contribution in [-0.2, 0) is 25.7 Å². The minimum atomic E-state index is -0.408. The highest BCUT2D eigenvalue weighted by molar-refractivity contribution is 8.14. The van der Waals surface area contributed by atoms with Gasteiger partial charge in [-0.05, 0) is 31.4 Å². The zero-order valence-electron chi connectivity index (χ0n) is 14.1. The molecule has 1 aromatic carbocycles. The van der Waals surface area contributed by atoms with Crippen LogP contribution in [-0.4, -0.2) is 40.2 Å². The summed E-state index contributed by atoms with van der Waals surface area (Å²) in [5, 5.41) is -0.135. The van der Waals surface area contributed by atoms with Crippen LogP contribution >= 0.6 is 34.9 Å². The monoisotopic (exact) mass is 398 g/mol. The van der Waals surface area contributed by atoms with Crippen LogP contribution in [0, 0.1) is 0 Å². The number of fused-ring (bicyclic) bond motifs is 1. The molecule has 2 aromatic rings. The maximum atomic E-state index is 12.0. The molecule has 0 fully saturated rings. The molecule has 0 N–H and O–H groups in total. The first-order valence-electron chi connectivity index (χ1n) is 7.48. The lowest BCUT2D eigenvalue weighted by Crippen LogP contribution is -2.23. The Morgan fingerprint density at radius 3 is 2.72 bits per heavy atom. The SMILES string of the molecule is CCOC(=O)Cn1c(=NC(=O)CSC(C)=O)sc2cc(SC)ccc21. The zero-order valence-corrected chi connectivity index (χ0v) is 16.6. The van der Waals surface area contributed by atoms with E-state index in [2.05, 4.69) is 4.99 Å². The Labute approximate surface area is 157 Å². The van der Waals surface area contributed by atoms with Gasteiger partial charge in [0.25, 0.3) is 5.91 Å². The Morgan fingerprint density at radius 1 is 1.32 bits per heavy atom. The van der Waals surface area contributed by atoms with Crippen LogP contribution in [0.3, 0.4) is 0 Å². The zero-order chi connectivity index (χ0) is 18.4. The van der Waals surface area contributed by atoms with E-state index in [0.717, 1.165) is 26.9 Å². The average Bonchev–Trinajstić information content (AvgIpc) is 2.89. The van der Waals surface area contributed by atoms with Crippen molar-refractivity contribution in [3.63, 3.8) is 0 Å². The second-order valence-electron chi connectivity index (χ2n) is 4.90. The predicted molar refractivity (Wildman–Crippen MR) is 102 cm³/mol. The van der Waals surface area contributed by atoms with Gasteiger partial charge in [-0.15, -0.1) is 11.8 Å². The molecule has 1 aromatic heterocycles. The highest BCUT2D eigenvalue weighted by Gasteiger charge is 2.13. The van der Waals surface area contributed by atoms with E-state index in [1.807, 2.05) is 24.5 Å². The predicted octanol–water partition coefficient (Wildman–Crippen LogP) is 2.69. The highest BCUT2D eigenvalue weighted by atomic mass is 32.2. The summed E-state index contributed by atoms with van der Waals surface area (Å²) in [6.45, 7) is 3.42. The van der Waals surface area contributed by atoms with Gasteiger partial charge in [-0.1, -0.05) is 23.1 Å². The van der Waals surface area contributed by atoms with Crippen LogP contribution in [0.15, 0.2) is 28.1 Å².